The summed E-state index contributed by atoms with van der Waals surface area (Å²) in [6.45, 7) is 7.43. The Hall–Kier alpha value is -1.86. The van der Waals surface area contributed by atoms with E-state index in [0.29, 0.717) is 26.1 Å². The molecule has 0 N–H and O–H groups in total. The first-order valence-electron chi connectivity index (χ1n) is 6.98. The van der Waals surface area contributed by atoms with E-state index in [0.717, 1.165) is 11.1 Å². The second-order valence-corrected chi connectivity index (χ2v) is 4.63. The van der Waals surface area contributed by atoms with Gasteiger partial charge in [0.05, 0.1) is 19.1 Å². The van der Waals surface area contributed by atoms with Gasteiger partial charge in [0.1, 0.15) is 6.04 Å². The first-order chi connectivity index (χ1) is 9.62. The number of nitriles is 1. The van der Waals surface area contributed by atoms with Gasteiger partial charge >= 0.3 is 5.97 Å². The number of nitrogens with zero attached hydrogens (tertiary/aromatic N) is 2. The van der Waals surface area contributed by atoms with Crippen LogP contribution in [0.5, 0.6) is 0 Å². The second kappa shape index (κ2) is 8.34. The van der Waals surface area contributed by atoms with Crippen molar-refractivity contribution >= 4 is 5.97 Å². The smallest absolute Gasteiger partial charge is 0.307 e. The van der Waals surface area contributed by atoms with Gasteiger partial charge in [-0.2, -0.15) is 5.26 Å². The summed E-state index contributed by atoms with van der Waals surface area (Å²) in [5.74, 6) is -0.216. The highest BCUT2D eigenvalue weighted by molar-refractivity contribution is 5.69. The molecule has 1 aromatic carbocycles. The fourth-order valence-corrected chi connectivity index (χ4v) is 2.15. The molecular weight excluding hydrogens is 252 g/mol. The van der Waals surface area contributed by atoms with Gasteiger partial charge in [0.15, 0.2) is 0 Å². The van der Waals surface area contributed by atoms with Crippen LogP contribution in [0.25, 0.3) is 0 Å². The molecule has 0 aliphatic heterocycles. The summed E-state index contributed by atoms with van der Waals surface area (Å²) in [5, 5.41) is 9.43. The van der Waals surface area contributed by atoms with E-state index in [1.807, 2.05) is 43.0 Å². The highest BCUT2D eigenvalue weighted by atomic mass is 16.5. The zero-order valence-corrected chi connectivity index (χ0v) is 12.4. The monoisotopic (exact) mass is 274 g/mol. The normalized spacial score (nSPS) is 11.9. The molecule has 1 aromatic rings. The minimum Gasteiger partial charge on any atom is -0.466 e. The highest BCUT2D eigenvalue weighted by Crippen LogP contribution is 2.21. The number of carbonyl (C=O) groups excluding carboxylic acids is 1. The number of carbonyl (C=O) groups is 1. The Morgan fingerprint density at radius 1 is 1.45 bits per heavy atom. The van der Waals surface area contributed by atoms with Crippen LogP contribution in [-0.4, -0.2) is 30.6 Å². The molecule has 0 saturated heterocycles. The summed E-state index contributed by atoms with van der Waals surface area (Å²) in [4.78, 5) is 13.4. The Morgan fingerprint density at radius 3 is 2.75 bits per heavy atom. The second-order valence-electron chi connectivity index (χ2n) is 4.63. The SMILES string of the molecule is CCOC(=O)CCN(CC)C(C#N)c1cccc(C)c1. The van der Waals surface area contributed by atoms with Crippen LogP contribution in [0.1, 0.15) is 37.4 Å². The molecule has 4 nitrogen and oxygen atoms in total. The number of aryl methyl sites for hydroxylation is 1. The predicted molar refractivity (Wildman–Crippen MR) is 78.0 cm³/mol. The number of hydrogen-bond acceptors (Lipinski definition) is 4. The molecule has 0 saturated carbocycles. The molecule has 0 spiro atoms. The first-order valence-corrected chi connectivity index (χ1v) is 6.98. The third-order valence-corrected chi connectivity index (χ3v) is 3.16. The van der Waals surface area contributed by atoms with E-state index in [2.05, 4.69) is 6.07 Å². The molecule has 0 aliphatic carbocycles. The van der Waals surface area contributed by atoms with Gasteiger partial charge in [-0.05, 0) is 26.0 Å². The van der Waals surface area contributed by atoms with Crippen molar-refractivity contribution in [1.82, 2.24) is 4.90 Å². The zero-order chi connectivity index (χ0) is 15.0. The van der Waals surface area contributed by atoms with Crippen LogP contribution in [0, 0.1) is 18.3 Å². The molecule has 0 aromatic heterocycles. The van der Waals surface area contributed by atoms with Gasteiger partial charge in [-0.25, -0.2) is 0 Å². The number of esters is 1. The third kappa shape index (κ3) is 4.67. The third-order valence-electron chi connectivity index (χ3n) is 3.16. The first kappa shape index (κ1) is 16.2. The Kier molecular flexibility index (Phi) is 6.75. The Labute approximate surface area is 121 Å². The fraction of sp³-hybridized carbons (Fsp3) is 0.500. The van der Waals surface area contributed by atoms with Gasteiger partial charge in [-0.15, -0.1) is 0 Å². The van der Waals surface area contributed by atoms with E-state index in [1.165, 1.54) is 0 Å². The average Bonchev–Trinajstić information content (AvgIpc) is 2.43. The molecule has 0 radical (unpaired) electrons. The van der Waals surface area contributed by atoms with Crippen molar-refractivity contribution in [3.05, 3.63) is 35.4 Å². The van der Waals surface area contributed by atoms with Crippen LogP contribution in [0.4, 0.5) is 0 Å². The molecule has 0 bridgehead atoms. The lowest BCUT2D eigenvalue weighted by molar-refractivity contribution is -0.143. The van der Waals surface area contributed by atoms with E-state index in [-0.39, 0.29) is 12.0 Å². The number of ether oxygens (including phenoxy) is 1. The van der Waals surface area contributed by atoms with E-state index in [4.69, 9.17) is 4.74 Å². The summed E-state index contributed by atoms with van der Waals surface area (Å²) in [7, 11) is 0. The lowest BCUT2D eigenvalue weighted by atomic mass is 10.0. The van der Waals surface area contributed by atoms with Crippen LogP contribution in [0.15, 0.2) is 24.3 Å². The van der Waals surface area contributed by atoms with Crippen molar-refractivity contribution in [2.24, 2.45) is 0 Å². The standard InChI is InChI=1S/C16H22N2O2/c1-4-18(10-9-16(19)20-5-2)15(12-17)14-8-6-7-13(3)11-14/h6-8,11,15H,4-5,9-10H2,1-3H3. The quantitative estimate of drug-likeness (QED) is 0.717. The van der Waals surface area contributed by atoms with Crippen LogP contribution in [-0.2, 0) is 9.53 Å². The van der Waals surface area contributed by atoms with E-state index >= 15 is 0 Å². The summed E-state index contributed by atoms with van der Waals surface area (Å²) in [6.07, 6.45) is 0.311. The van der Waals surface area contributed by atoms with Crippen LogP contribution in [0.3, 0.4) is 0 Å². The Morgan fingerprint density at radius 2 is 2.20 bits per heavy atom. The number of rotatable bonds is 7. The number of hydrogen-bond donors (Lipinski definition) is 0. The lowest BCUT2D eigenvalue weighted by Gasteiger charge is -2.25. The van der Waals surface area contributed by atoms with Crippen molar-refractivity contribution in [3.8, 4) is 6.07 Å². The molecule has 1 atom stereocenters. The average molecular weight is 274 g/mol. The minimum absolute atomic E-state index is 0.216. The Balaban J connectivity index is 2.75. The summed E-state index contributed by atoms with van der Waals surface area (Å²) in [6, 6.07) is 9.93. The van der Waals surface area contributed by atoms with Gasteiger partial charge in [-0.1, -0.05) is 36.8 Å². The van der Waals surface area contributed by atoms with Gasteiger partial charge in [0, 0.05) is 6.54 Å². The maximum atomic E-state index is 11.4. The van der Waals surface area contributed by atoms with Crippen LogP contribution in [0.2, 0.25) is 0 Å². The molecule has 108 valence electrons. The lowest BCUT2D eigenvalue weighted by Crippen LogP contribution is -2.30. The molecule has 1 unspecified atom stereocenters. The van der Waals surface area contributed by atoms with Gasteiger partial charge < -0.3 is 4.74 Å². The van der Waals surface area contributed by atoms with Gasteiger partial charge in [0.2, 0.25) is 0 Å². The maximum Gasteiger partial charge on any atom is 0.307 e. The summed E-state index contributed by atoms with van der Waals surface area (Å²) in [5.41, 5.74) is 2.10. The van der Waals surface area contributed by atoms with Crippen LogP contribution < -0.4 is 0 Å². The largest absolute Gasteiger partial charge is 0.466 e. The van der Waals surface area contributed by atoms with Crippen molar-refractivity contribution in [2.75, 3.05) is 19.7 Å². The fourth-order valence-electron chi connectivity index (χ4n) is 2.15. The molecule has 0 heterocycles. The molecule has 4 heteroatoms. The van der Waals surface area contributed by atoms with Crippen molar-refractivity contribution in [3.63, 3.8) is 0 Å². The molecular formula is C16H22N2O2. The van der Waals surface area contributed by atoms with E-state index < -0.39 is 0 Å². The van der Waals surface area contributed by atoms with Gasteiger partial charge in [-0.3, -0.25) is 9.69 Å². The minimum atomic E-state index is -0.325. The zero-order valence-electron chi connectivity index (χ0n) is 12.4. The van der Waals surface area contributed by atoms with E-state index in [1.54, 1.807) is 6.92 Å². The van der Waals surface area contributed by atoms with Gasteiger partial charge in [0.25, 0.3) is 0 Å². The molecule has 0 fully saturated rings. The molecule has 20 heavy (non-hydrogen) atoms. The van der Waals surface area contributed by atoms with E-state index in [9.17, 15) is 10.1 Å². The highest BCUT2D eigenvalue weighted by Gasteiger charge is 2.19. The maximum absolute atomic E-state index is 11.4. The summed E-state index contributed by atoms with van der Waals surface area (Å²) >= 11 is 0. The Bertz CT molecular complexity index is 480. The summed E-state index contributed by atoms with van der Waals surface area (Å²) < 4.78 is 4.93. The van der Waals surface area contributed by atoms with Crippen LogP contribution >= 0.6 is 0 Å². The number of benzene rings is 1. The van der Waals surface area contributed by atoms with Crippen molar-refractivity contribution in [2.45, 2.75) is 33.2 Å². The van der Waals surface area contributed by atoms with Crippen molar-refractivity contribution < 1.29 is 9.53 Å². The topological polar surface area (TPSA) is 53.3 Å². The molecule has 0 aliphatic rings. The molecule has 1 rings (SSSR count). The van der Waals surface area contributed by atoms with Crippen molar-refractivity contribution in [1.29, 1.82) is 5.26 Å². The molecule has 0 amide bonds. The predicted octanol–water partition coefficient (Wildman–Crippen LogP) is 2.83.